The second-order valence-electron chi connectivity index (χ2n) is 5.97. The van der Waals surface area contributed by atoms with E-state index in [9.17, 15) is 9.59 Å². The van der Waals surface area contributed by atoms with Crippen molar-refractivity contribution in [3.8, 4) is 5.69 Å². The van der Waals surface area contributed by atoms with Gasteiger partial charge in [-0.15, -0.1) is 0 Å². The van der Waals surface area contributed by atoms with Crippen LogP contribution < -0.4 is 0 Å². The molecule has 0 spiro atoms. The number of carbonyl (C=O) groups excluding carboxylic acids is 2. The monoisotopic (exact) mass is 466 g/mol. The van der Waals surface area contributed by atoms with Gasteiger partial charge in [-0.25, -0.2) is 0 Å². The van der Waals surface area contributed by atoms with Crippen LogP contribution >= 0.6 is 34.4 Å². The van der Waals surface area contributed by atoms with Gasteiger partial charge in [0.25, 0.3) is 11.1 Å². The van der Waals surface area contributed by atoms with Crippen molar-refractivity contribution in [2.45, 2.75) is 27.2 Å². The van der Waals surface area contributed by atoms with E-state index >= 15 is 0 Å². The van der Waals surface area contributed by atoms with E-state index in [-0.39, 0.29) is 11.1 Å². The highest BCUT2D eigenvalue weighted by Crippen LogP contribution is 2.33. The lowest BCUT2D eigenvalue weighted by Crippen LogP contribution is -2.28. The summed E-state index contributed by atoms with van der Waals surface area (Å²) in [6.07, 6.45) is 2.61. The Morgan fingerprint density at radius 3 is 2.48 bits per heavy atom. The number of thioether (sulfide) groups is 1. The first kappa shape index (κ1) is 18.3. The summed E-state index contributed by atoms with van der Waals surface area (Å²) in [7, 11) is 0. The van der Waals surface area contributed by atoms with Gasteiger partial charge in [0, 0.05) is 27.2 Å². The smallest absolute Gasteiger partial charge is 0.293 e. The lowest BCUT2D eigenvalue weighted by atomic mass is 10.2. The van der Waals surface area contributed by atoms with Crippen molar-refractivity contribution < 1.29 is 9.59 Å². The Bertz CT molecular complexity index is 868. The molecule has 0 aliphatic carbocycles. The number of rotatable bonds is 4. The number of aromatic nitrogens is 1. The predicted octanol–water partition coefficient (Wildman–Crippen LogP) is 5.15. The molecule has 0 radical (unpaired) electrons. The zero-order valence-corrected chi connectivity index (χ0v) is 17.3. The maximum atomic E-state index is 12.4. The van der Waals surface area contributed by atoms with Crippen LogP contribution in [0, 0.1) is 17.4 Å². The van der Waals surface area contributed by atoms with Crippen LogP contribution in [0.1, 0.15) is 30.3 Å². The van der Waals surface area contributed by atoms with Gasteiger partial charge in [0.05, 0.1) is 4.91 Å². The van der Waals surface area contributed by atoms with Crippen LogP contribution in [0.5, 0.6) is 0 Å². The third-order valence-electron chi connectivity index (χ3n) is 4.16. The number of benzene rings is 1. The molecule has 0 atom stereocenters. The standard InChI is InChI=1S/C19H19IN2O2S/c1-4-9-21-18(23)17(25-19(21)24)11-14-10-12(2)22(13(14)3)16-7-5-15(20)6-8-16/h5-8,10-11H,4,9H2,1-3H3/b17-11-. The Labute approximate surface area is 165 Å². The normalized spacial score (nSPS) is 16.3. The maximum absolute atomic E-state index is 12.4. The molecule has 1 saturated heterocycles. The van der Waals surface area contributed by atoms with Crippen molar-refractivity contribution in [1.29, 1.82) is 0 Å². The van der Waals surface area contributed by atoms with Crippen LogP contribution in [0.15, 0.2) is 35.2 Å². The van der Waals surface area contributed by atoms with Gasteiger partial charge in [0.2, 0.25) is 0 Å². The average Bonchev–Trinajstić information content (AvgIpc) is 3.00. The molecule has 0 unspecified atom stereocenters. The van der Waals surface area contributed by atoms with Crippen molar-refractivity contribution in [3.05, 3.63) is 55.8 Å². The summed E-state index contributed by atoms with van der Waals surface area (Å²) in [6.45, 7) is 6.52. The van der Waals surface area contributed by atoms with Crippen molar-refractivity contribution in [3.63, 3.8) is 0 Å². The fraction of sp³-hybridized carbons (Fsp3) is 0.263. The molecule has 2 heterocycles. The number of aryl methyl sites for hydroxylation is 1. The number of nitrogens with zero attached hydrogens (tertiary/aromatic N) is 2. The van der Waals surface area contributed by atoms with Gasteiger partial charge in [-0.1, -0.05) is 6.92 Å². The van der Waals surface area contributed by atoms with E-state index in [1.165, 1.54) is 8.47 Å². The highest BCUT2D eigenvalue weighted by Gasteiger charge is 2.34. The quantitative estimate of drug-likeness (QED) is 0.463. The van der Waals surface area contributed by atoms with Gasteiger partial charge in [-0.2, -0.15) is 0 Å². The van der Waals surface area contributed by atoms with Crippen LogP contribution in [0.25, 0.3) is 11.8 Å². The Balaban J connectivity index is 1.97. The third-order valence-corrected chi connectivity index (χ3v) is 5.79. The Morgan fingerprint density at radius 2 is 1.84 bits per heavy atom. The van der Waals surface area contributed by atoms with Crippen molar-refractivity contribution >= 4 is 51.6 Å². The van der Waals surface area contributed by atoms with E-state index in [2.05, 4.69) is 57.5 Å². The summed E-state index contributed by atoms with van der Waals surface area (Å²) >= 11 is 3.31. The molecule has 1 fully saturated rings. The van der Waals surface area contributed by atoms with Gasteiger partial charge < -0.3 is 4.57 Å². The molecule has 1 aliphatic heterocycles. The summed E-state index contributed by atoms with van der Waals surface area (Å²) in [6, 6.07) is 10.4. The van der Waals surface area contributed by atoms with Crippen LogP contribution in [0.2, 0.25) is 0 Å². The summed E-state index contributed by atoms with van der Waals surface area (Å²) in [5.41, 5.74) is 4.21. The first-order chi connectivity index (χ1) is 11.9. The van der Waals surface area contributed by atoms with E-state index in [1.807, 2.05) is 26.8 Å². The van der Waals surface area contributed by atoms with E-state index in [4.69, 9.17) is 0 Å². The van der Waals surface area contributed by atoms with Gasteiger partial charge in [0.15, 0.2) is 0 Å². The highest BCUT2D eigenvalue weighted by atomic mass is 127. The van der Waals surface area contributed by atoms with Gasteiger partial charge in [0.1, 0.15) is 0 Å². The van der Waals surface area contributed by atoms with Gasteiger partial charge >= 0.3 is 0 Å². The summed E-state index contributed by atoms with van der Waals surface area (Å²) in [4.78, 5) is 26.3. The molecule has 6 heteroatoms. The minimum absolute atomic E-state index is 0.176. The third kappa shape index (κ3) is 3.55. The summed E-state index contributed by atoms with van der Waals surface area (Å²) in [5.74, 6) is -0.184. The minimum atomic E-state index is -0.184. The highest BCUT2D eigenvalue weighted by molar-refractivity contribution is 14.1. The van der Waals surface area contributed by atoms with Crippen molar-refractivity contribution in [1.82, 2.24) is 9.47 Å². The molecule has 4 nitrogen and oxygen atoms in total. The van der Waals surface area contributed by atoms with Crippen LogP contribution in [0.3, 0.4) is 0 Å². The first-order valence-corrected chi connectivity index (χ1v) is 10.0. The SMILES string of the molecule is CCCN1C(=O)S/C(=C\c2cc(C)n(-c3ccc(I)cc3)c2C)C1=O. The van der Waals surface area contributed by atoms with Crippen LogP contribution in [0.4, 0.5) is 4.79 Å². The Morgan fingerprint density at radius 1 is 1.16 bits per heavy atom. The zero-order chi connectivity index (χ0) is 18.1. The molecule has 25 heavy (non-hydrogen) atoms. The topological polar surface area (TPSA) is 42.3 Å². The van der Waals surface area contributed by atoms with E-state index in [1.54, 1.807) is 0 Å². The lowest BCUT2D eigenvalue weighted by Gasteiger charge is -2.10. The minimum Gasteiger partial charge on any atom is -0.318 e. The van der Waals surface area contributed by atoms with Crippen molar-refractivity contribution in [2.75, 3.05) is 6.54 Å². The number of amides is 2. The lowest BCUT2D eigenvalue weighted by molar-refractivity contribution is -0.122. The molecule has 0 bridgehead atoms. The van der Waals surface area contributed by atoms with Crippen molar-refractivity contribution in [2.24, 2.45) is 0 Å². The Kier molecular flexibility index (Phi) is 5.38. The maximum Gasteiger partial charge on any atom is 0.293 e. The van der Waals surface area contributed by atoms with Crippen LogP contribution in [-0.2, 0) is 4.79 Å². The molecule has 3 rings (SSSR count). The molecule has 1 aliphatic rings. The molecule has 2 aromatic rings. The number of hydrogen-bond acceptors (Lipinski definition) is 3. The van der Waals surface area contributed by atoms with E-state index in [0.717, 1.165) is 40.8 Å². The molecular formula is C19H19IN2O2S. The number of halogens is 1. The second-order valence-corrected chi connectivity index (χ2v) is 8.21. The first-order valence-electron chi connectivity index (χ1n) is 8.12. The number of imide groups is 1. The average molecular weight is 466 g/mol. The molecule has 2 amide bonds. The largest absolute Gasteiger partial charge is 0.318 e. The Hall–Kier alpha value is -1.54. The molecule has 1 aromatic carbocycles. The summed E-state index contributed by atoms with van der Waals surface area (Å²) in [5, 5.41) is -0.176. The van der Waals surface area contributed by atoms with Crippen LogP contribution in [-0.4, -0.2) is 27.2 Å². The number of carbonyl (C=O) groups is 2. The summed E-state index contributed by atoms with van der Waals surface area (Å²) < 4.78 is 3.35. The molecule has 130 valence electrons. The predicted molar refractivity (Wildman–Crippen MR) is 111 cm³/mol. The molecule has 0 N–H and O–H groups in total. The molecule has 1 aromatic heterocycles. The molecular weight excluding hydrogens is 447 g/mol. The van der Waals surface area contributed by atoms with Gasteiger partial charge in [-0.3, -0.25) is 14.5 Å². The zero-order valence-electron chi connectivity index (χ0n) is 14.4. The second kappa shape index (κ2) is 7.37. The fourth-order valence-electron chi connectivity index (χ4n) is 2.98. The fourth-order valence-corrected chi connectivity index (χ4v) is 4.19. The number of hydrogen-bond donors (Lipinski definition) is 0. The molecule has 0 saturated carbocycles. The van der Waals surface area contributed by atoms with Gasteiger partial charge in [-0.05, 0) is 96.6 Å². The van der Waals surface area contributed by atoms with E-state index < -0.39 is 0 Å². The van der Waals surface area contributed by atoms with E-state index in [0.29, 0.717) is 11.4 Å².